The van der Waals surface area contributed by atoms with Crippen LogP contribution in [0.5, 0.6) is 0 Å². The summed E-state index contributed by atoms with van der Waals surface area (Å²) < 4.78 is 0. The molecule has 0 aromatic rings. The zero-order chi connectivity index (χ0) is 9.56. The summed E-state index contributed by atoms with van der Waals surface area (Å²) in [4.78, 5) is 21.2. The van der Waals surface area contributed by atoms with Gasteiger partial charge in [-0.1, -0.05) is 13.0 Å². The smallest absolute Gasteiger partial charge is 0.310 e. The number of carbonyl (C=O) groups is 2. The van der Waals surface area contributed by atoms with Gasteiger partial charge in [-0.15, -0.1) is 6.58 Å². The second-order valence-electron chi connectivity index (χ2n) is 2.80. The lowest BCUT2D eigenvalue weighted by Crippen LogP contribution is -2.14. The molecule has 0 aliphatic heterocycles. The number of aliphatic carboxylic acids is 1. The standard InChI is InChI=1S/C9H14O3/c1-3-4-5-7(2)8(10)6-9(11)12/h3,7H,1,4-6H2,2H3,(H,11,12). The predicted octanol–water partition coefficient (Wildman–Crippen LogP) is 1.63. The van der Waals surface area contributed by atoms with Crippen molar-refractivity contribution in [3.05, 3.63) is 12.7 Å². The average Bonchev–Trinajstić information content (AvgIpc) is 1.98. The van der Waals surface area contributed by atoms with Crippen molar-refractivity contribution in [3.8, 4) is 0 Å². The van der Waals surface area contributed by atoms with Crippen LogP contribution in [0.4, 0.5) is 0 Å². The fourth-order valence-corrected chi connectivity index (χ4v) is 0.852. The molecule has 1 unspecified atom stereocenters. The first-order chi connectivity index (χ1) is 5.57. The van der Waals surface area contributed by atoms with E-state index >= 15 is 0 Å². The van der Waals surface area contributed by atoms with Crippen LogP contribution in [0, 0.1) is 5.92 Å². The minimum Gasteiger partial charge on any atom is -0.481 e. The summed E-state index contributed by atoms with van der Waals surface area (Å²) in [6.07, 6.45) is 2.81. The molecule has 0 bridgehead atoms. The summed E-state index contributed by atoms with van der Waals surface area (Å²) in [7, 11) is 0. The van der Waals surface area contributed by atoms with Crippen LogP contribution < -0.4 is 0 Å². The molecule has 3 heteroatoms. The number of hydrogen-bond donors (Lipinski definition) is 1. The van der Waals surface area contributed by atoms with Gasteiger partial charge >= 0.3 is 5.97 Å². The Labute approximate surface area is 72.1 Å². The van der Waals surface area contributed by atoms with E-state index in [1.807, 2.05) is 0 Å². The van der Waals surface area contributed by atoms with Crippen molar-refractivity contribution >= 4 is 11.8 Å². The van der Waals surface area contributed by atoms with Gasteiger partial charge in [0.15, 0.2) is 0 Å². The van der Waals surface area contributed by atoms with Crippen molar-refractivity contribution < 1.29 is 14.7 Å². The molecule has 0 radical (unpaired) electrons. The molecule has 0 saturated carbocycles. The van der Waals surface area contributed by atoms with E-state index in [9.17, 15) is 9.59 Å². The molecule has 0 amide bonds. The minimum atomic E-state index is -1.05. The summed E-state index contributed by atoms with van der Waals surface area (Å²) in [6.45, 7) is 5.27. The molecule has 0 heterocycles. The second-order valence-corrected chi connectivity index (χ2v) is 2.80. The summed E-state index contributed by atoms with van der Waals surface area (Å²) in [5, 5.41) is 8.32. The van der Waals surface area contributed by atoms with Crippen molar-refractivity contribution in [3.63, 3.8) is 0 Å². The zero-order valence-electron chi connectivity index (χ0n) is 7.25. The number of hydrogen-bond acceptors (Lipinski definition) is 2. The predicted molar refractivity (Wildman–Crippen MR) is 45.9 cm³/mol. The Hall–Kier alpha value is -1.12. The maximum absolute atomic E-state index is 11.0. The quantitative estimate of drug-likeness (QED) is 0.487. The molecule has 68 valence electrons. The normalized spacial score (nSPS) is 12.1. The van der Waals surface area contributed by atoms with E-state index in [0.29, 0.717) is 6.42 Å². The summed E-state index contributed by atoms with van der Waals surface area (Å²) in [5.41, 5.74) is 0. The third-order valence-electron chi connectivity index (χ3n) is 1.68. The highest BCUT2D eigenvalue weighted by Gasteiger charge is 2.14. The minimum absolute atomic E-state index is 0.168. The van der Waals surface area contributed by atoms with Gasteiger partial charge in [0.1, 0.15) is 12.2 Å². The van der Waals surface area contributed by atoms with Crippen molar-refractivity contribution in [2.75, 3.05) is 0 Å². The second kappa shape index (κ2) is 5.52. The highest BCUT2D eigenvalue weighted by molar-refractivity contribution is 5.95. The summed E-state index contributed by atoms with van der Waals surface area (Å²) >= 11 is 0. The van der Waals surface area contributed by atoms with Gasteiger partial charge < -0.3 is 5.11 Å². The molecule has 0 fully saturated rings. The maximum Gasteiger partial charge on any atom is 0.310 e. The third-order valence-corrected chi connectivity index (χ3v) is 1.68. The first kappa shape index (κ1) is 10.9. The van der Waals surface area contributed by atoms with Gasteiger partial charge in [-0.2, -0.15) is 0 Å². The Balaban J connectivity index is 3.76. The average molecular weight is 170 g/mol. The number of allylic oxidation sites excluding steroid dienone is 1. The molecule has 0 aliphatic carbocycles. The molecule has 0 aliphatic rings. The number of ketones is 1. The van der Waals surface area contributed by atoms with E-state index in [1.165, 1.54) is 0 Å². The van der Waals surface area contributed by atoms with Crippen LogP contribution in [0.1, 0.15) is 26.2 Å². The van der Waals surface area contributed by atoms with Crippen LogP contribution in [0.15, 0.2) is 12.7 Å². The molecule has 3 nitrogen and oxygen atoms in total. The lowest BCUT2D eigenvalue weighted by Gasteiger charge is -2.05. The molecule has 1 atom stereocenters. The van der Waals surface area contributed by atoms with Crippen LogP contribution in [0.3, 0.4) is 0 Å². The number of carboxylic acids is 1. The Morgan fingerprint density at radius 3 is 2.58 bits per heavy atom. The number of Topliss-reactive ketones (excluding diaryl/α,β-unsaturated/α-hetero) is 1. The van der Waals surface area contributed by atoms with Gasteiger partial charge in [0.2, 0.25) is 0 Å². The van der Waals surface area contributed by atoms with Gasteiger partial charge in [-0.3, -0.25) is 9.59 Å². The van der Waals surface area contributed by atoms with E-state index < -0.39 is 5.97 Å². The molecule has 0 aromatic heterocycles. The Kier molecular flexibility index (Phi) is 5.00. The van der Waals surface area contributed by atoms with Crippen molar-refractivity contribution in [2.24, 2.45) is 5.92 Å². The fourth-order valence-electron chi connectivity index (χ4n) is 0.852. The number of carboxylic acid groups (broad SMARTS) is 1. The van der Waals surface area contributed by atoms with E-state index in [1.54, 1.807) is 13.0 Å². The van der Waals surface area contributed by atoms with Crippen molar-refractivity contribution in [1.82, 2.24) is 0 Å². The van der Waals surface area contributed by atoms with Crippen molar-refractivity contribution in [1.29, 1.82) is 0 Å². The Bertz CT molecular complexity index is 184. The molecular formula is C9H14O3. The van der Waals surface area contributed by atoms with Crippen molar-refractivity contribution in [2.45, 2.75) is 26.2 Å². The lowest BCUT2D eigenvalue weighted by atomic mass is 9.98. The highest BCUT2D eigenvalue weighted by atomic mass is 16.4. The highest BCUT2D eigenvalue weighted by Crippen LogP contribution is 2.08. The first-order valence-corrected chi connectivity index (χ1v) is 3.93. The van der Waals surface area contributed by atoms with Gasteiger partial charge in [0.05, 0.1) is 0 Å². The maximum atomic E-state index is 11.0. The van der Waals surface area contributed by atoms with E-state index in [4.69, 9.17) is 5.11 Å². The lowest BCUT2D eigenvalue weighted by molar-refractivity contribution is -0.141. The van der Waals surface area contributed by atoms with Gasteiger partial charge in [-0.25, -0.2) is 0 Å². The number of rotatable bonds is 6. The van der Waals surface area contributed by atoms with Crippen LogP contribution in [-0.4, -0.2) is 16.9 Å². The van der Waals surface area contributed by atoms with Gasteiger partial charge in [0.25, 0.3) is 0 Å². The van der Waals surface area contributed by atoms with Crippen LogP contribution in [-0.2, 0) is 9.59 Å². The van der Waals surface area contributed by atoms with E-state index in [-0.39, 0.29) is 18.1 Å². The topological polar surface area (TPSA) is 54.4 Å². The van der Waals surface area contributed by atoms with Crippen LogP contribution in [0.25, 0.3) is 0 Å². The molecule has 0 aromatic carbocycles. The molecule has 0 saturated heterocycles. The SMILES string of the molecule is C=CCCC(C)C(=O)CC(=O)O. The molecule has 1 N–H and O–H groups in total. The number of carbonyl (C=O) groups excluding carboxylic acids is 1. The molecule has 0 spiro atoms. The largest absolute Gasteiger partial charge is 0.481 e. The van der Waals surface area contributed by atoms with E-state index in [2.05, 4.69) is 6.58 Å². The monoisotopic (exact) mass is 170 g/mol. The third kappa shape index (κ3) is 4.66. The Morgan fingerprint density at radius 1 is 1.58 bits per heavy atom. The van der Waals surface area contributed by atoms with Crippen LogP contribution in [0.2, 0.25) is 0 Å². The van der Waals surface area contributed by atoms with Gasteiger partial charge in [0, 0.05) is 5.92 Å². The van der Waals surface area contributed by atoms with Gasteiger partial charge in [-0.05, 0) is 12.8 Å². The Morgan fingerprint density at radius 2 is 2.17 bits per heavy atom. The molecule has 12 heavy (non-hydrogen) atoms. The van der Waals surface area contributed by atoms with Crippen LogP contribution >= 0.6 is 0 Å². The fraction of sp³-hybridized carbons (Fsp3) is 0.556. The molecular weight excluding hydrogens is 156 g/mol. The first-order valence-electron chi connectivity index (χ1n) is 3.93. The van der Waals surface area contributed by atoms with E-state index in [0.717, 1.165) is 6.42 Å². The summed E-state index contributed by atoms with van der Waals surface area (Å²) in [5.74, 6) is -1.42. The summed E-state index contributed by atoms with van der Waals surface area (Å²) in [6, 6.07) is 0. The zero-order valence-corrected chi connectivity index (χ0v) is 7.25. The molecule has 0 rings (SSSR count).